The van der Waals surface area contributed by atoms with E-state index in [0.717, 1.165) is 17.4 Å². The van der Waals surface area contributed by atoms with Gasteiger partial charge in [-0.3, -0.25) is 0 Å². The molecule has 0 rings (SSSR count). The van der Waals surface area contributed by atoms with E-state index >= 15 is 0 Å². The first-order chi connectivity index (χ1) is 1.00. The van der Waals surface area contributed by atoms with Gasteiger partial charge < -0.3 is 0 Å². The van der Waals surface area contributed by atoms with E-state index in [9.17, 15) is 0 Å². The third-order valence-corrected chi connectivity index (χ3v) is 0. The Morgan fingerprint density at radius 2 is 1.25 bits per heavy atom. The van der Waals surface area contributed by atoms with Gasteiger partial charge in [0.2, 0.25) is 0 Å². The second kappa shape index (κ2) is 21.5. The fraction of sp³-hybridized carbons (Fsp3) is 0. The van der Waals surface area contributed by atoms with Gasteiger partial charge >= 0.3 is 47.2 Å². The van der Waals surface area contributed by atoms with Crippen molar-refractivity contribution in [3.05, 3.63) is 0 Å². The molecule has 0 aliphatic carbocycles. The summed E-state index contributed by atoms with van der Waals surface area (Å²) in [7, 11) is 0. The Morgan fingerprint density at radius 3 is 1.25 bits per heavy atom. The van der Waals surface area contributed by atoms with E-state index in [1.807, 2.05) is 0 Å². The van der Waals surface area contributed by atoms with Gasteiger partial charge in [-0.1, -0.05) is 0 Å². The standard InChI is InChI=1S/Bi.Mn.O.V.3H. The minimum absolute atomic E-state index is 0. The van der Waals surface area contributed by atoms with Gasteiger partial charge in [0, 0.05) is 17.1 Å². The van der Waals surface area contributed by atoms with E-state index in [1.165, 1.54) is 0 Å². The predicted octanol–water partition coefficient (Wildman–Crippen LogP) is -1.31. The molecule has 0 fully saturated rings. The van der Waals surface area contributed by atoms with E-state index in [2.05, 4.69) is 0 Å². The molecule has 0 aromatic rings. The van der Waals surface area contributed by atoms with Crippen molar-refractivity contribution < 1.29 is 38.1 Å². The van der Waals surface area contributed by atoms with Crippen molar-refractivity contribution in [1.82, 2.24) is 0 Å². The molecule has 1 nitrogen and oxygen atoms in total. The number of hydrogen-bond acceptors (Lipinski definition) is 1. The summed E-state index contributed by atoms with van der Waals surface area (Å²) in [5, 5.41) is 0. The molecular weight excluding hydrogens is 331 g/mol. The van der Waals surface area contributed by atoms with E-state index in [1.54, 1.807) is 0 Å². The summed E-state index contributed by atoms with van der Waals surface area (Å²) in [5.41, 5.74) is 0. The molecule has 0 saturated heterocycles. The Balaban J connectivity index is -0.00000000500. The van der Waals surface area contributed by atoms with Crippen molar-refractivity contribution in [1.29, 1.82) is 0 Å². The summed E-state index contributed by atoms with van der Waals surface area (Å²) in [6.45, 7) is 0. The maximum absolute atomic E-state index is 8.19. The molecular formula is H3BiMnOV. The van der Waals surface area contributed by atoms with Crippen LogP contribution in [0.1, 0.15) is 0 Å². The zero-order chi connectivity index (χ0) is 2.00. The first-order valence-corrected chi connectivity index (χ1v) is 0.753. The van der Waals surface area contributed by atoms with Crippen LogP contribution in [0, 0.1) is 0 Å². The predicted molar refractivity (Wildman–Crippen MR) is 10.6 cm³/mol. The molecule has 0 aliphatic rings. The Labute approximate surface area is 63.7 Å². The van der Waals surface area contributed by atoms with Crippen molar-refractivity contribution in [3.8, 4) is 0 Å². The fourth-order valence-corrected chi connectivity index (χ4v) is 0. The quantitative estimate of drug-likeness (QED) is 0.503. The van der Waals surface area contributed by atoms with Gasteiger partial charge in [0.05, 0.1) is 0 Å². The van der Waals surface area contributed by atoms with Gasteiger partial charge in [-0.2, -0.15) is 0 Å². The average Bonchev–Trinajstić information content (AvgIpc) is 1.00. The molecule has 0 heterocycles. The second-order valence-corrected chi connectivity index (χ2v) is 0. The average molecular weight is 334 g/mol. The Morgan fingerprint density at radius 1 is 1.25 bits per heavy atom. The van der Waals surface area contributed by atoms with Crippen LogP contribution in [0.15, 0.2) is 0 Å². The van der Waals surface area contributed by atoms with Crippen LogP contribution in [-0.4, -0.2) is 26.2 Å². The minimum atomic E-state index is 0. The molecule has 0 saturated carbocycles. The Kier molecular flexibility index (Phi) is 91.8. The van der Waals surface area contributed by atoms with Crippen LogP contribution in [0.2, 0.25) is 0 Å². The van der Waals surface area contributed by atoms with Crippen LogP contribution in [-0.2, 0) is 38.1 Å². The monoisotopic (exact) mass is 334 g/mol. The summed E-state index contributed by atoms with van der Waals surface area (Å²) in [6, 6.07) is 0. The molecule has 0 aliphatic heterocycles. The van der Waals surface area contributed by atoms with Crippen LogP contribution < -0.4 is 0 Å². The first-order valence-electron chi connectivity index (χ1n) is 0.183. The molecule has 4 heteroatoms. The summed E-state index contributed by atoms with van der Waals surface area (Å²) < 4.78 is 8.19. The van der Waals surface area contributed by atoms with Gasteiger partial charge in [-0.25, -0.2) is 0 Å². The van der Waals surface area contributed by atoms with E-state index in [0.29, 0.717) is 0 Å². The van der Waals surface area contributed by atoms with Crippen LogP contribution in [0.5, 0.6) is 0 Å². The van der Waals surface area contributed by atoms with Crippen molar-refractivity contribution in [3.63, 3.8) is 0 Å². The molecule has 0 N–H and O–H groups in total. The number of hydrogen-bond donors (Lipinski definition) is 0. The molecule has 0 spiro atoms. The zero-order valence-electron chi connectivity index (χ0n) is 1.94. The van der Waals surface area contributed by atoms with Crippen molar-refractivity contribution in [2.24, 2.45) is 0 Å². The van der Waals surface area contributed by atoms with E-state index in [4.69, 9.17) is 3.67 Å². The fourth-order valence-electron chi connectivity index (χ4n) is 0. The molecule has 0 unspecified atom stereocenters. The molecule has 0 aromatic heterocycles. The van der Waals surface area contributed by atoms with Crippen LogP contribution in [0.25, 0.3) is 0 Å². The Bertz CT molecular complexity index is 8.00. The molecule has 0 atom stereocenters. The summed E-state index contributed by atoms with van der Waals surface area (Å²) in [4.78, 5) is 0. The molecule has 0 amide bonds. The van der Waals surface area contributed by atoms with Gasteiger partial charge in [0.15, 0.2) is 0 Å². The van der Waals surface area contributed by atoms with Crippen molar-refractivity contribution in [2.45, 2.75) is 0 Å². The third kappa shape index (κ3) is 9.21. The third-order valence-electron chi connectivity index (χ3n) is 0. The summed E-state index contributed by atoms with van der Waals surface area (Å²) >= 11 is 1.06. The first kappa shape index (κ1) is 17.1. The van der Waals surface area contributed by atoms with Crippen LogP contribution >= 0.6 is 0 Å². The van der Waals surface area contributed by atoms with E-state index < -0.39 is 0 Å². The second-order valence-electron chi connectivity index (χ2n) is 0. The topological polar surface area (TPSA) is 17.1 Å². The van der Waals surface area contributed by atoms with Crippen LogP contribution in [0.4, 0.5) is 0 Å². The molecule has 26 valence electrons. The molecule has 1 radical (unpaired) electrons. The van der Waals surface area contributed by atoms with Crippen molar-refractivity contribution >= 4 is 26.2 Å². The van der Waals surface area contributed by atoms with Gasteiger partial charge in [0.25, 0.3) is 0 Å². The van der Waals surface area contributed by atoms with Crippen molar-refractivity contribution in [2.75, 3.05) is 0 Å². The van der Waals surface area contributed by atoms with Gasteiger partial charge in [-0.15, -0.1) is 0 Å². The van der Waals surface area contributed by atoms with Gasteiger partial charge in [0.1, 0.15) is 0 Å². The SMILES string of the molecule is [BiH3].[Mn].[O]=[V]. The maximum atomic E-state index is 8.19. The number of rotatable bonds is 0. The van der Waals surface area contributed by atoms with E-state index in [-0.39, 0.29) is 43.3 Å². The van der Waals surface area contributed by atoms with Gasteiger partial charge in [-0.05, 0) is 0 Å². The van der Waals surface area contributed by atoms with Crippen LogP contribution in [0.3, 0.4) is 0 Å². The molecule has 0 aromatic carbocycles. The molecule has 4 heavy (non-hydrogen) atoms. The molecule has 0 bridgehead atoms. The summed E-state index contributed by atoms with van der Waals surface area (Å²) in [5.74, 6) is 0. The normalized spacial score (nSPS) is 0.750. The Hall–Kier alpha value is 1.79. The zero-order valence-corrected chi connectivity index (χ0v) is 10.0. The summed E-state index contributed by atoms with van der Waals surface area (Å²) in [6.07, 6.45) is 0.